The Morgan fingerprint density at radius 2 is 1.92 bits per heavy atom. The number of esters is 1. The molecule has 0 bridgehead atoms. The number of halogens is 1. The number of imidazole rings is 1. The molecule has 5 heterocycles. The molecule has 3 aliphatic rings. The third kappa shape index (κ3) is 6.48. The predicted molar refractivity (Wildman–Crippen MR) is 177 cm³/mol. The molecule has 0 spiro atoms. The smallest absolute Gasteiger partial charge is 0.338 e. The minimum absolute atomic E-state index is 0.0885. The first kappa shape index (κ1) is 32.8. The Morgan fingerprint density at radius 3 is 2.60 bits per heavy atom. The molecule has 13 heteroatoms. The average molecular weight is 678 g/mol. The van der Waals surface area contributed by atoms with Gasteiger partial charge in [0.1, 0.15) is 18.1 Å². The van der Waals surface area contributed by atoms with E-state index >= 15 is 0 Å². The second-order valence-electron chi connectivity index (χ2n) is 13.1. The number of nitrogens with zero attached hydrogens (tertiary/aromatic N) is 4. The number of aliphatic hydroxyl groups is 2. The van der Waals surface area contributed by atoms with Crippen LogP contribution in [0.2, 0.25) is 5.02 Å². The summed E-state index contributed by atoms with van der Waals surface area (Å²) in [5.41, 5.74) is 8.22. The van der Waals surface area contributed by atoms with Gasteiger partial charge in [-0.1, -0.05) is 23.7 Å². The average Bonchev–Trinajstić information content (AvgIpc) is 3.62. The number of pyridine rings is 1. The summed E-state index contributed by atoms with van der Waals surface area (Å²) in [5, 5.41) is 19.5. The number of hydrogen-bond donors (Lipinski definition) is 3. The van der Waals surface area contributed by atoms with Gasteiger partial charge in [0.25, 0.3) is 5.79 Å². The molecule has 48 heavy (non-hydrogen) atoms. The zero-order chi connectivity index (χ0) is 33.5. The van der Waals surface area contributed by atoms with E-state index in [1.165, 1.54) is 0 Å². The number of aliphatic hydroxyl groups excluding tert-OH is 2. The summed E-state index contributed by atoms with van der Waals surface area (Å²) in [7, 11) is 0. The molecule has 0 amide bonds. The van der Waals surface area contributed by atoms with Gasteiger partial charge in [-0.15, -0.1) is 0 Å². The highest BCUT2D eigenvalue weighted by atomic mass is 35.5. The number of nitrogens with two attached hydrogens (primary N) is 1. The molecule has 2 aromatic carbocycles. The molecular weight excluding hydrogens is 638 g/mol. The number of rotatable bonds is 11. The van der Waals surface area contributed by atoms with Crippen LogP contribution < -0.4 is 15.2 Å². The molecule has 2 atom stereocenters. The van der Waals surface area contributed by atoms with Crippen molar-refractivity contribution in [1.29, 1.82) is 0 Å². The topological polar surface area (TPSA) is 154 Å². The second-order valence-corrected chi connectivity index (χ2v) is 13.6. The van der Waals surface area contributed by atoms with Gasteiger partial charge in [0.2, 0.25) is 0 Å². The summed E-state index contributed by atoms with van der Waals surface area (Å²) in [6, 6.07) is 15.0. The van der Waals surface area contributed by atoms with E-state index in [0.717, 1.165) is 67.1 Å². The quantitative estimate of drug-likeness (QED) is 0.199. The monoisotopic (exact) mass is 677 g/mol. The van der Waals surface area contributed by atoms with E-state index in [1.807, 2.05) is 31.2 Å². The number of para-hydroxylation sites is 1. The minimum Gasteiger partial charge on any atom is -0.460 e. The number of benzene rings is 2. The SMILES string of the molecule is CC1(c2ccc(Cl)cn2)Oc2cccc(C3CCN(Cc4nc5ccc(C(=O)OCC(N)(CO)CO)cc5n4C[C@@H]4CCO4)CC3)c2O1. The van der Waals surface area contributed by atoms with E-state index in [4.69, 9.17) is 41.3 Å². The van der Waals surface area contributed by atoms with Gasteiger partial charge in [-0.25, -0.2) is 9.78 Å². The van der Waals surface area contributed by atoms with Crippen molar-refractivity contribution in [3.63, 3.8) is 0 Å². The molecule has 254 valence electrons. The molecule has 2 saturated heterocycles. The fourth-order valence-electron chi connectivity index (χ4n) is 6.51. The van der Waals surface area contributed by atoms with Crippen LogP contribution in [0.15, 0.2) is 54.7 Å². The van der Waals surface area contributed by atoms with Crippen LogP contribution in [0, 0.1) is 0 Å². The lowest BCUT2D eigenvalue weighted by atomic mass is 9.88. The van der Waals surface area contributed by atoms with Crippen LogP contribution in [0.25, 0.3) is 11.0 Å². The highest BCUT2D eigenvalue weighted by molar-refractivity contribution is 6.30. The van der Waals surface area contributed by atoms with Crippen LogP contribution in [0.1, 0.15) is 59.5 Å². The number of carbonyl (C=O) groups is 1. The van der Waals surface area contributed by atoms with Gasteiger partial charge in [-0.3, -0.25) is 9.88 Å². The molecule has 4 N–H and O–H groups in total. The second kappa shape index (κ2) is 13.3. The van der Waals surface area contributed by atoms with E-state index < -0.39 is 30.5 Å². The first-order chi connectivity index (χ1) is 23.2. The molecule has 0 aliphatic carbocycles. The molecular formula is C35H40ClN5O7. The van der Waals surface area contributed by atoms with Gasteiger partial charge >= 0.3 is 5.97 Å². The van der Waals surface area contributed by atoms with Crippen molar-refractivity contribution in [2.75, 3.05) is 39.5 Å². The molecule has 3 aliphatic heterocycles. The van der Waals surface area contributed by atoms with Gasteiger partial charge in [0.05, 0.1) is 59.6 Å². The van der Waals surface area contributed by atoms with Crippen LogP contribution >= 0.6 is 11.6 Å². The molecule has 0 saturated carbocycles. The largest absolute Gasteiger partial charge is 0.460 e. The number of hydrogen-bond acceptors (Lipinski definition) is 11. The van der Waals surface area contributed by atoms with Gasteiger partial charge < -0.3 is 39.5 Å². The third-order valence-electron chi connectivity index (χ3n) is 9.56. The highest BCUT2D eigenvalue weighted by Crippen LogP contribution is 2.49. The molecule has 12 nitrogen and oxygen atoms in total. The van der Waals surface area contributed by atoms with Crippen LogP contribution in [0.4, 0.5) is 0 Å². The van der Waals surface area contributed by atoms with E-state index in [2.05, 4.69) is 20.5 Å². The number of aromatic nitrogens is 3. The van der Waals surface area contributed by atoms with Gasteiger partial charge in [0.15, 0.2) is 11.5 Å². The van der Waals surface area contributed by atoms with E-state index in [0.29, 0.717) is 41.0 Å². The van der Waals surface area contributed by atoms with Crippen LogP contribution in [-0.2, 0) is 28.4 Å². The van der Waals surface area contributed by atoms with Crippen molar-refractivity contribution in [1.82, 2.24) is 19.4 Å². The number of ether oxygens (including phenoxy) is 4. The van der Waals surface area contributed by atoms with Crippen molar-refractivity contribution < 1.29 is 34.0 Å². The summed E-state index contributed by atoms with van der Waals surface area (Å²) in [5.74, 6) is 1.09. The lowest BCUT2D eigenvalue weighted by molar-refractivity contribution is -0.0722. The fraction of sp³-hybridized carbons (Fsp3) is 0.457. The summed E-state index contributed by atoms with van der Waals surface area (Å²) < 4.78 is 26.0. The van der Waals surface area contributed by atoms with E-state index in [-0.39, 0.29) is 12.7 Å². The molecule has 2 aromatic heterocycles. The summed E-state index contributed by atoms with van der Waals surface area (Å²) in [6.45, 7) is 4.33. The van der Waals surface area contributed by atoms with Gasteiger partial charge in [0, 0.05) is 25.3 Å². The first-order valence-corrected chi connectivity index (χ1v) is 16.7. The Bertz CT molecular complexity index is 1780. The third-order valence-corrected chi connectivity index (χ3v) is 9.78. The molecule has 4 aromatic rings. The van der Waals surface area contributed by atoms with E-state index in [1.54, 1.807) is 24.4 Å². The van der Waals surface area contributed by atoms with Gasteiger partial charge in [-0.05, 0) is 74.7 Å². The zero-order valence-electron chi connectivity index (χ0n) is 26.8. The lowest BCUT2D eigenvalue weighted by Crippen LogP contribution is -2.51. The maximum absolute atomic E-state index is 12.9. The molecule has 1 unspecified atom stereocenters. The minimum atomic E-state index is -1.40. The van der Waals surface area contributed by atoms with Crippen LogP contribution in [-0.4, -0.2) is 86.8 Å². The van der Waals surface area contributed by atoms with Crippen molar-refractivity contribution >= 4 is 28.6 Å². The van der Waals surface area contributed by atoms with Crippen molar-refractivity contribution in [3.05, 3.63) is 82.4 Å². The van der Waals surface area contributed by atoms with Crippen LogP contribution in [0.5, 0.6) is 11.5 Å². The number of carbonyl (C=O) groups excluding carboxylic acids is 1. The van der Waals surface area contributed by atoms with Gasteiger partial charge in [-0.2, -0.15) is 0 Å². The summed E-state index contributed by atoms with van der Waals surface area (Å²) >= 11 is 6.06. The lowest BCUT2D eigenvalue weighted by Gasteiger charge is -2.33. The first-order valence-electron chi connectivity index (χ1n) is 16.3. The van der Waals surface area contributed by atoms with Crippen molar-refractivity contribution in [2.45, 2.75) is 62.6 Å². The van der Waals surface area contributed by atoms with Crippen molar-refractivity contribution in [2.24, 2.45) is 5.73 Å². The normalized spacial score (nSPS) is 21.4. The number of piperidine rings is 1. The fourth-order valence-corrected chi connectivity index (χ4v) is 6.62. The molecule has 0 radical (unpaired) electrons. The Balaban J connectivity index is 1.05. The number of likely N-dealkylation sites (tertiary alicyclic amines) is 1. The van der Waals surface area contributed by atoms with E-state index in [9.17, 15) is 15.0 Å². The standard InChI is InChI=1S/C35H40ClN5O7/c1-34(30-8-6-24(36)16-38-30)47-29-4-2-3-26(32(29)48-34)22-9-12-40(13-10-22)18-31-39-27-7-5-23(33(44)46-21-35(37,19-42)20-43)15-28(27)41(31)17-25-11-14-45-25/h2-8,15-16,22,25,42-43H,9-14,17-21,37H2,1H3/t25-,34?/m0/s1. The maximum Gasteiger partial charge on any atom is 0.338 e. The summed E-state index contributed by atoms with van der Waals surface area (Å²) in [6.07, 6.45) is 4.54. The number of fused-ring (bicyclic) bond motifs is 2. The molecule has 2 fully saturated rings. The highest BCUT2D eigenvalue weighted by Gasteiger charge is 2.42. The summed E-state index contributed by atoms with van der Waals surface area (Å²) in [4.78, 5) is 24.7. The predicted octanol–water partition coefficient (Wildman–Crippen LogP) is 3.74. The Labute approximate surface area is 283 Å². The Hall–Kier alpha value is -3.78. The van der Waals surface area contributed by atoms with Crippen LogP contribution in [0.3, 0.4) is 0 Å². The maximum atomic E-state index is 12.9. The molecule has 7 rings (SSSR count). The van der Waals surface area contributed by atoms with Crippen molar-refractivity contribution in [3.8, 4) is 11.5 Å². The Morgan fingerprint density at radius 1 is 1.12 bits per heavy atom. The Kier molecular flexibility index (Phi) is 9.05. The zero-order valence-corrected chi connectivity index (χ0v) is 27.6.